The highest BCUT2D eigenvalue weighted by Gasteiger charge is 2.32. The average molecular weight is 457 g/mol. The maximum atomic E-state index is 12.8. The summed E-state index contributed by atoms with van der Waals surface area (Å²) in [5, 5.41) is 18.9. The fraction of sp³-hybridized carbons (Fsp3) is 0.529. The standard InChI is InChI=1S/C17H20N4O5S3/c18-4-1-6-20(7-2-5-19)15(22)13-26-17(23)16-14(3-10-28-16)29(24,25)21-8-11-27-12-9-21/h3,10H,1-2,6-9,11-13H2. The van der Waals surface area contributed by atoms with Crippen LogP contribution >= 0.6 is 23.1 Å². The summed E-state index contributed by atoms with van der Waals surface area (Å²) in [6.07, 6.45) is 0.180. The van der Waals surface area contributed by atoms with Crippen LogP contribution < -0.4 is 0 Å². The number of carbonyl (C=O) groups is 2. The van der Waals surface area contributed by atoms with Crippen molar-refractivity contribution in [2.45, 2.75) is 17.7 Å². The summed E-state index contributed by atoms with van der Waals surface area (Å²) in [7, 11) is -3.81. The van der Waals surface area contributed by atoms with Gasteiger partial charge in [-0.1, -0.05) is 0 Å². The quantitative estimate of drug-likeness (QED) is 0.508. The summed E-state index contributed by atoms with van der Waals surface area (Å²) < 4.78 is 32.1. The topological polar surface area (TPSA) is 132 Å². The number of nitrogens with zero attached hydrogens (tertiary/aromatic N) is 4. The maximum absolute atomic E-state index is 12.8. The number of thiophene rings is 1. The van der Waals surface area contributed by atoms with Crippen LogP contribution in [-0.2, 0) is 19.6 Å². The maximum Gasteiger partial charge on any atom is 0.350 e. The van der Waals surface area contributed by atoms with Gasteiger partial charge < -0.3 is 9.64 Å². The van der Waals surface area contributed by atoms with Crippen molar-refractivity contribution in [3.05, 3.63) is 16.3 Å². The number of nitriles is 2. The number of rotatable bonds is 9. The molecular weight excluding hydrogens is 436 g/mol. The molecule has 0 N–H and O–H groups in total. The third-order valence-corrected chi connectivity index (χ3v) is 7.98. The number of carbonyl (C=O) groups excluding carboxylic acids is 2. The normalized spacial score (nSPS) is 14.6. The molecule has 1 saturated heterocycles. The molecule has 1 aromatic rings. The van der Waals surface area contributed by atoms with Crippen LogP contribution in [0.15, 0.2) is 16.3 Å². The van der Waals surface area contributed by atoms with Gasteiger partial charge in [0, 0.05) is 37.7 Å². The molecule has 1 fully saturated rings. The van der Waals surface area contributed by atoms with Crippen molar-refractivity contribution in [3.8, 4) is 12.1 Å². The van der Waals surface area contributed by atoms with Gasteiger partial charge in [0.1, 0.15) is 9.77 Å². The first kappa shape index (κ1) is 23.2. The lowest BCUT2D eigenvalue weighted by molar-refractivity contribution is -0.134. The first-order chi connectivity index (χ1) is 13.9. The second-order valence-electron chi connectivity index (χ2n) is 5.90. The Labute approximate surface area is 177 Å². The van der Waals surface area contributed by atoms with Gasteiger partial charge in [-0.05, 0) is 11.4 Å². The molecule has 0 bridgehead atoms. The summed E-state index contributed by atoms with van der Waals surface area (Å²) in [5.41, 5.74) is 0. The minimum absolute atomic E-state index is 0.0726. The molecule has 12 heteroatoms. The lowest BCUT2D eigenvalue weighted by Crippen LogP contribution is -2.38. The first-order valence-corrected chi connectivity index (χ1v) is 12.2. The zero-order valence-corrected chi connectivity index (χ0v) is 18.0. The Morgan fingerprint density at radius 1 is 1.17 bits per heavy atom. The van der Waals surface area contributed by atoms with E-state index in [1.165, 1.54) is 20.7 Å². The summed E-state index contributed by atoms with van der Waals surface area (Å²) in [6, 6.07) is 5.20. The monoisotopic (exact) mass is 456 g/mol. The fourth-order valence-corrected chi connectivity index (χ4v) is 6.45. The molecule has 2 rings (SSSR count). The molecule has 0 unspecified atom stereocenters. The molecule has 1 aromatic heterocycles. The van der Waals surface area contributed by atoms with Crippen LogP contribution in [0.4, 0.5) is 0 Å². The molecule has 156 valence electrons. The molecule has 1 amide bonds. The predicted molar refractivity (Wildman–Crippen MR) is 108 cm³/mol. The minimum atomic E-state index is -3.81. The average Bonchev–Trinajstić information content (AvgIpc) is 3.23. The third kappa shape index (κ3) is 6.18. The van der Waals surface area contributed by atoms with Crippen LogP contribution in [0, 0.1) is 22.7 Å². The molecule has 1 aliphatic heterocycles. The first-order valence-electron chi connectivity index (χ1n) is 8.76. The molecule has 0 saturated carbocycles. The van der Waals surface area contributed by atoms with Crippen molar-refractivity contribution < 1.29 is 22.7 Å². The lowest BCUT2D eigenvalue weighted by atomic mass is 10.3. The summed E-state index contributed by atoms with van der Waals surface area (Å²) in [5.74, 6) is -0.0470. The number of hydrogen-bond donors (Lipinski definition) is 0. The third-order valence-electron chi connectivity index (χ3n) is 4.07. The second kappa shape index (κ2) is 11.2. The highest BCUT2D eigenvalue weighted by Crippen LogP contribution is 2.27. The number of sulfonamides is 1. The Hall–Kier alpha value is -2.12. The van der Waals surface area contributed by atoms with Gasteiger partial charge in [0.05, 0.1) is 25.0 Å². The second-order valence-corrected chi connectivity index (χ2v) is 9.95. The van der Waals surface area contributed by atoms with Gasteiger partial charge in [0.25, 0.3) is 5.91 Å². The predicted octanol–water partition coefficient (Wildman–Crippen LogP) is 1.30. The molecule has 0 atom stereocenters. The van der Waals surface area contributed by atoms with Crippen molar-refractivity contribution in [2.75, 3.05) is 44.3 Å². The molecule has 1 aliphatic rings. The smallest absolute Gasteiger partial charge is 0.350 e. The molecular formula is C17H20N4O5S3. The van der Waals surface area contributed by atoms with E-state index in [0.29, 0.717) is 24.6 Å². The minimum Gasteiger partial charge on any atom is -0.451 e. The fourth-order valence-electron chi connectivity index (χ4n) is 2.59. The molecule has 0 spiro atoms. The molecule has 29 heavy (non-hydrogen) atoms. The molecule has 2 heterocycles. The van der Waals surface area contributed by atoms with Crippen molar-refractivity contribution in [1.29, 1.82) is 10.5 Å². The summed E-state index contributed by atoms with van der Waals surface area (Å²) in [6.45, 7) is 0.416. The van der Waals surface area contributed by atoms with Crippen LogP contribution in [0.2, 0.25) is 0 Å². The number of thioether (sulfide) groups is 1. The van der Waals surface area contributed by atoms with Crippen molar-refractivity contribution >= 4 is 45.0 Å². The van der Waals surface area contributed by atoms with E-state index in [-0.39, 0.29) is 35.7 Å². The van der Waals surface area contributed by atoms with Crippen LogP contribution in [0.5, 0.6) is 0 Å². The zero-order valence-electron chi connectivity index (χ0n) is 15.6. The van der Waals surface area contributed by atoms with Crippen LogP contribution in [-0.4, -0.2) is 73.8 Å². The molecule has 0 aromatic carbocycles. The van der Waals surface area contributed by atoms with E-state index in [9.17, 15) is 18.0 Å². The van der Waals surface area contributed by atoms with E-state index in [2.05, 4.69) is 0 Å². The van der Waals surface area contributed by atoms with Gasteiger partial charge in [-0.2, -0.15) is 26.6 Å². The number of hydrogen-bond acceptors (Lipinski definition) is 9. The van der Waals surface area contributed by atoms with Crippen LogP contribution in [0.1, 0.15) is 22.5 Å². The van der Waals surface area contributed by atoms with Gasteiger partial charge in [0.15, 0.2) is 6.61 Å². The van der Waals surface area contributed by atoms with Gasteiger partial charge in [-0.15, -0.1) is 11.3 Å². The van der Waals surface area contributed by atoms with Crippen molar-refractivity contribution in [3.63, 3.8) is 0 Å². The van der Waals surface area contributed by atoms with Crippen molar-refractivity contribution in [2.24, 2.45) is 0 Å². The van der Waals surface area contributed by atoms with E-state index < -0.39 is 28.5 Å². The van der Waals surface area contributed by atoms with E-state index in [1.807, 2.05) is 12.1 Å². The van der Waals surface area contributed by atoms with E-state index in [1.54, 1.807) is 11.8 Å². The van der Waals surface area contributed by atoms with Gasteiger partial charge in [0.2, 0.25) is 10.0 Å². The number of esters is 1. The molecule has 0 radical (unpaired) electrons. The van der Waals surface area contributed by atoms with Crippen molar-refractivity contribution in [1.82, 2.24) is 9.21 Å². The lowest BCUT2D eigenvalue weighted by Gasteiger charge is -2.25. The Morgan fingerprint density at radius 3 is 2.38 bits per heavy atom. The highest BCUT2D eigenvalue weighted by atomic mass is 32.2. The Balaban J connectivity index is 2.04. The Bertz CT molecular complexity index is 892. The molecule has 9 nitrogen and oxygen atoms in total. The Morgan fingerprint density at radius 2 is 1.79 bits per heavy atom. The van der Waals surface area contributed by atoms with E-state index in [0.717, 1.165) is 11.3 Å². The molecule has 0 aliphatic carbocycles. The van der Waals surface area contributed by atoms with Gasteiger partial charge in [-0.3, -0.25) is 4.79 Å². The van der Waals surface area contributed by atoms with Gasteiger partial charge >= 0.3 is 5.97 Å². The summed E-state index contributed by atoms with van der Waals surface area (Å²) in [4.78, 5) is 25.8. The van der Waals surface area contributed by atoms with Crippen LogP contribution in [0.25, 0.3) is 0 Å². The zero-order chi connectivity index (χ0) is 21.3. The Kier molecular flexibility index (Phi) is 8.92. The highest BCUT2D eigenvalue weighted by molar-refractivity contribution is 7.99. The van der Waals surface area contributed by atoms with E-state index >= 15 is 0 Å². The number of ether oxygens (including phenoxy) is 1. The number of amides is 1. The van der Waals surface area contributed by atoms with Crippen LogP contribution in [0.3, 0.4) is 0 Å². The largest absolute Gasteiger partial charge is 0.451 e. The summed E-state index contributed by atoms with van der Waals surface area (Å²) >= 11 is 2.61. The van der Waals surface area contributed by atoms with E-state index in [4.69, 9.17) is 15.3 Å². The SMILES string of the molecule is N#CCCN(CCC#N)C(=O)COC(=O)c1sccc1S(=O)(=O)N1CCSCC1. The van der Waals surface area contributed by atoms with Gasteiger partial charge in [-0.25, -0.2) is 13.2 Å².